The fraction of sp³-hybridized carbons (Fsp3) is 0.263. The maximum atomic E-state index is 12.9. The summed E-state index contributed by atoms with van der Waals surface area (Å²) in [7, 11) is 1.58. The Balaban J connectivity index is 2.02. The zero-order chi connectivity index (χ0) is 19.2. The molecule has 2 rings (SSSR count). The van der Waals surface area contributed by atoms with Crippen molar-refractivity contribution < 1.29 is 13.2 Å². The third-order valence-corrected chi connectivity index (χ3v) is 3.81. The highest BCUT2D eigenvalue weighted by atomic mass is 19.4. The van der Waals surface area contributed by atoms with Gasteiger partial charge >= 0.3 is 6.18 Å². The Morgan fingerprint density at radius 3 is 2.58 bits per heavy atom. The van der Waals surface area contributed by atoms with Gasteiger partial charge in [-0.3, -0.25) is 4.99 Å². The van der Waals surface area contributed by atoms with Crippen molar-refractivity contribution >= 4 is 5.96 Å². The maximum Gasteiger partial charge on any atom is 0.416 e. The second kappa shape index (κ2) is 8.39. The molecule has 4 nitrogen and oxygen atoms in total. The molecule has 0 fully saturated rings. The van der Waals surface area contributed by atoms with E-state index >= 15 is 0 Å². The van der Waals surface area contributed by atoms with Gasteiger partial charge in [-0.1, -0.05) is 24.3 Å². The normalized spacial score (nSPS) is 13.0. The molecule has 7 heteroatoms. The molecule has 0 aliphatic carbocycles. The van der Waals surface area contributed by atoms with E-state index in [1.165, 1.54) is 6.07 Å². The molecule has 26 heavy (non-hydrogen) atoms. The first-order valence-electron chi connectivity index (χ1n) is 7.97. The second-order valence-corrected chi connectivity index (χ2v) is 5.73. The molecule has 0 saturated heterocycles. The molecule has 2 N–H and O–H groups in total. The Bertz CT molecular complexity index is 822. The zero-order valence-corrected chi connectivity index (χ0v) is 14.4. The van der Waals surface area contributed by atoms with Gasteiger partial charge in [-0.2, -0.15) is 18.4 Å². The molecular weight excluding hydrogens is 341 g/mol. The number of nitrogens with one attached hydrogen (secondary N) is 2. The average Bonchev–Trinajstić information content (AvgIpc) is 2.64. The van der Waals surface area contributed by atoms with E-state index in [9.17, 15) is 13.2 Å². The molecule has 0 aliphatic rings. The summed E-state index contributed by atoms with van der Waals surface area (Å²) < 4.78 is 38.6. The molecule has 0 bridgehead atoms. The fourth-order valence-corrected chi connectivity index (χ4v) is 2.40. The Labute approximate surface area is 150 Å². The van der Waals surface area contributed by atoms with Gasteiger partial charge in [0.1, 0.15) is 0 Å². The van der Waals surface area contributed by atoms with Crippen molar-refractivity contribution in [1.82, 2.24) is 10.6 Å². The molecule has 0 aromatic heterocycles. The van der Waals surface area contributed by atoms with E-state index in [-0.39, 0.29) is 6.04 Å². The summed E-state index contributed by atoms with van der Waals surface area (Å²) in [4.78, 5) is 4.09. The Morgan fingerprint density at radius 1 is 1.19 bits per heavy atom. The van der Waals surface area contributed by atoms with Crippen molar-refractivity contribution in [2.45, 2.75) is 25.7 Å². The predicted octanol–water partition coefficient (Wildman–Crippen LogP) is 4.00. The van der Waals surface area contributed by atoms with E-state index in [2.05, 4.69) is 21.7 Å². The molecule has 2 aromatic carbocycles. The number of rotatable bonds is 4. The highest BCUT2D eigenvalue weighted by Crippen LogP contribution is 2.30. The van der Waals surface area contributed by atoms with E-state index in [4.69, 9.17) is 5.26 Å². The van der Waals surface area contributed by atoms with Crippen LogP contribution < -0.4 is 10.6 Å². The minimum absolute atomic E-state index is 0.367. The van der Waals surface area contributed by atoms with Crippen LogP contribution in [0.5, 0.6) is 0 Å². The first-order chi connectivity index (χ1) is 12.3. The highest BCUT2D eigenvalue weighted by molar-refractivity contribution is 5.80. The van der Waals surface area contributed by atoms with Crippen LogP contribution in [0.3, 0.4) is 0 Å². The molecule has 2 aromatic rings. The Hall–Kier alpha value is -3.01. The molecular formula is C19H19F3N4. The van der Waals surface area contributed by atoms with E-state index in [0.29, 0.717) is 23.6 Å². The van der Waals surface area contributed by atoms with Crippen LogP contribution in [-0.4, -0.2) is 13.0 Å². The SMILES string of the molecule is CN=C(NCc1cccc(C#N)c1)NC(C)c1cccc(C(F)(F)F)c1. The summed E-state index contributed by atoms with van der Waals surface area (Å²) in [5.41, 5.74) is 1.29. The molecule has 1 unspecified atom stereocenters. The lowest BCUT2D eigenvalue weighted by Crippen LogP contribution is -2.38. The second-order valence-electron chi connectivity index (χ2n) is 5.73. The van der Waals surface area contributed by atoms with Gasteiger partial charge in [0.25, 0.3) is 0 Å². The summed E-state index contributed by atoms with van der Waals surface area (Å²) in [6.07, 6.45) is -4.37. The smallest absolute Gasteiger partial charge is 0.352 e. The van der Waals surface area contributed by atoms with Gasteiger partial charge in [0.2, 0.25) is 0 Å². The Kier molecular flexibility index (Phi) is 6.23. The van der Waals surface area contributed by atoms with Crippen LogP contribution in [0.1, 0.15) is 35.2 Å². The number of nitriles is 1. The lowest BCUT2D eigenvalue weighted by molar-refractivity contribution is -0.137. The number of hydrogen-bond acceptors (Lipinski definition) is 2. The van der Waals surface area contributed by atoms with E-state index in [0.717, 1.165) is 17.7 Å². The van der Waals surface area contributed by atoms with E-state index in [1.54, 1.807) is 38.2 Å². The third kappa shape index (κ3) is 5.24. The van der Waals surface area contributed by atoms with Crippen LogP contribution in [0.2, 0.25) is 0 Å². The van der Waals surface area contributed by atoms with Gasteiger partial charge in [-0.05, 0) is 42.3 Å². The minimum Gasteiger partial charge on any atom is -0.352 e. The molecule has 0 saturated carbocycles. The van der Waals surface area contributed by atoms with Gasteiger partial charge in [-0.15, -0.1) is 0 Å². The van der Waals surface area contributed by atoms with Crippen LogP contribution in [0, 0.1) is 11.3 Å². The van der Waals surface area contributed by atoms with Gasteiger partial charge in [0.15, 0.2) is 5.96 Å². The molecule has 0 spiro atoms. The average molecular weight is 360 g/mol. The van der Waals surface area contributed by atoms with Gasteiger partial charge in [0, 0.05) is 13.6 Å². The molecule has 0 heterocycles. The van der Waals surface area contributed by atoms with E-state index in [1.807, 2.05) is 6.07 Å². The van der Waals surface area contributed by atoms with Crippen molar-refractivity contribution in [2.24, 2.45) is 4.99 Å². The quantitative estimate of drug-likeness (QED) is 0.640. The Morgan fingerprint density at radius 2 is 1.92 bits per heavy atom. The van der Waals surface area contributed by atoms with Crippen LogP contribution >= 0.6 is 0 Å². The number of aliphatic imine (C=N–C) groups is 1. The van der Waals surface area contributed by atoms with Crippen molar-refractivity contribution in [2.75, 3.05) is 7.05 Å². The molecule has 136 valence electrons. The number of guanidine groups is 1. The summed E-state index contributed by atoms with van der Waals surface area (Å²) in [6, 6.07) is 14.0. The van der Waals surface area contributed by atoms with Crippen LogP contribution in [-0.2, 0) is 12.7 Å². The number of halogens is 3. The summed E-state index contributed by atoms with van der Waals surface area (Å²) in [5.74, 6) is 0.456. The van der Waals surface area contributed by atoms with Crippen LogP contribution in [0.15, 0.2) is 53.5 Å². The van der Waals surface area contributed by atoms with Crippen molar-refractivity contribution in [3.05, 3.63) is 70.8 Å². The largest absolute Gasteiger partial charge is 0.416 e. The molecule has 0 amide bonds. The standard InChI is InChI=1S/C19H19F3N4/c1-13(16-7-4-8-17(10-16)19(20,21)22)26-18(24-2)25-12-15-6-3-5-14(9-15)11-23/h3-10,13H,12H2,1-2H3,(H2,24,25,26). The van der Waals surface area contributed by atoms with Crippen molar-refractivity contribution in [1.29, 1.82) is 5.26 Å². The monoisotopic (exact) mass is 360 g/mol. The zero-order valence-electron chi connectivity index (χ0n) is 14.4. The van der Waals surface area contributed by atoms with Gasteiger partial charge in [-0.25, -0.2) is 0 Å². The topological polar surface area (TPSA) is 60.2 Å². The molecule has 0 aliphatic heterocycles. The first-order valence-corrected chi connectivity index (χ1v) is 7.97. The predicted molar refractivity (Wildman–Crippen MR) is 94.4 cm³/mol. The maximum absolute atomic E-state index is 12.9. The van der Waals surface area contributed by atoms with Gasteiger partial charge in [0.05, 0.1) is 23.2 Å². The van der Waals surface area contributed by atoms with E-state index < -0.39 is 11.7 Å². The minimum atomic E-state index is -4.37. The lowest BCUT2D eigenvalue weighted by Gasteiger charge is -2.19. The molecule has 0 radical (unpaired) electrons. The summed E-state index contributed by atoms with van der Waals surface area (Å²) in [6.45, 7) is 2.20. The van der Waals surface area contributed by atoms with Crippen molar-refractivity contribution in [3.8, 4) is 6.07 Å². The summed E-state index contributed by atoms with van der Waals surface area (Å²) in [5, 5.41) is 15.1. The van der Waals surface area contributed by atoms with Crippen LogP contribution in [0.25, 0.3) is 0 Å². The van der Waals surface area contributed by atoms with Crippen molar-refractivity contribution in [3.63, 3.8) is 0 Å². The van der Waals surface area contributed by atoms with Gasteiger partial charge < -0.3 is 10.6 Å². The number of nitrogens with zero attached hydrogens (tertiary/aromatic N) is 2. The third-order valence-electron chi connectivity index (χ3n) is 3.81. The lowest BCUT2D eigenvalue weighted by atomic mass is 10.1. The highest BCUT2D eigenvalue weighted by Gasteiger charge is 2.30. The number of benzene rings is 2. The molecule has 1 atom stereocenters. The van der Waals surface area contributed by atoms with Crippen LogP contribution in [0.4, 0.5) is 13.2 Å². The fourth-order valence-electron chi connectivity index (χ4n) is 2.40. The number of alkyl halides is 3. The number of hydrogen-bond donors (Lipinski definition) is 2. The summed E-state index contributed by atoms with van der Waals surface area (Å²) >= 11 is 0. The first kappa shape index (κ1) is 19.3.